The second-order valence-corrected chi connectivity index (χ2v) is 4.00. The van der Waals surface area contributed by atoms with Gasteiger partial charge in [-0.1, -0.05) is 15.9 Å². The first kappa shape index (κ1) is 9.97. The summed E-state index contributed by atoms with van der Waals surface area (Å²) in [5, 5.41) is 8.83. The van der Waals surface area contributed by atoms with Crippen LogP contribution in [0.3, 0.4) is 0 Å². The Balaban J connectivity index is 2.65. The van der Waals surface area contributed by atoms with Crippen LogP contribution in [0.5, 0.6) is 0 Å². The van der Waals surface area contributed by atoms with E-state index in [0.717, 1.165) is 0 Å². The molecule has 0 saturated heterocycles. The van der Waals surface area contributed by atoms with E-state index < -0.39 is 18.0 Å². The minimum absolute atomic E-state index is 0.203. The number of esters is 1. The van der Waals surface area contributed by atoms with Crippen LogP contribution in [0.15, 0.2) is 16.6 Å². The predicted octanol–water partition coefficient (Wildman–Crippen LogP) is 1.33. The third-order valence-electron chi connectivity index (χ3n) is 2.11. The van der Waals surface area contributed by atoms with E-state index in [0.29, 0.717) is 4.47 Å². The van der Waals surface area contributed by atoms with Gasteiger partial charge in [-0.05, 0) is 12.1 Å². The van der Waals surface area contributed by atoms with Crippen LogP contribution in [0.2, 0.25) is 0 Å². The normalized spacial score (nSPS) is 18.5. The molecule has 1 aromatic rings. The summed E-state index contributed by atoms with van der Waals surface area (Å²) in [7, 11) is 0. The summed E-state index contributed by atoms with van der Waals surface area (Å²) < 4.78 is 5.30. The quantitative estimate of drug-likeness (QED) is 0.594. The lowest BCUT2D eigenvalue weighted by atomic mass is 10.0. The number of nitrogens with two attached hydrogens (primary N) is 1. The van der Waals surface area contributed by atoms with Crippen molar-refractivity contribution in [2.45, 2.75) is 6.10 Å². The van der Waals surface area contributed by atoms with E-state index in [1.54, 1.807) is 0 Å². The highest BCUT2D eigenvalue weighted by Crippen LogP contribution is 2.37. The van der Waals surface area contributed by atoms with Gasteiger partial charge >= 0.3 is 11.9 Å². The van der Waals surface area contributed by atoms with Crippen LogP contribution in [-0.4, -0.2) is 17.0 Å². The Hall–Kier alpha value is -1.56. The summed E-state index contributed by atoms with van der Waals surface area (Å²) in [6.07, 6.45) is -1.29. The van der Waals surface area contributed by atoms with Crippen LogP contribution in [0.1, 0.15) is 22.0 Å². The van der Waals surface area contributed by atoms with Gasteiger partial charge in [0, 0.05) is 15.7 Å². The van der Waals surface area contributed by atoms with Gasteiger partial charge in [0.05, 0.1) is 5.56 Å². The van der Waals surface area contributed by atoms with Gasteiger partial charge in [0.2, 0.25) is 6.10 Å². The maximum atomic E-state index is 11.3. The van der Waals surface area contributed by atoms with Gasteiger partial charge in [-0.3, -0.25) is 0 Å². The minimum atomic E-state index is -1.29. The molecule has 1 atom stereocenters. The first-order valence-electron chi connectivity index (χ1n) is 4.03. The summed E-state index contributed by atoms with van der Waals surface area (Å²) in [5.41, 5.74) is 6.31. The largest absolute Gasteiger partial charge is 0.478 e. The number of cyclic esters (lactones) is 1. The van der Waals surface area contributed by atoms with Gasteiger partial charge in [0.1, 0.15) is 0 Å². The molecule has 0 aromatic heterocycles. The number of hydrogen-bond donors (Lipinski definition) is 2. The summed E-state index contributed by atoms with van der Waals surface area (Å²) in [6, 6.07) is 3.04. The molecule has 1 unspecified atom stereocenters. The highest BCUT2D eigenvalue weighted by Gasteiger charge is 2.38. The van der Waals surface area contributed by atoms with Crippen LogP contribution in [-0.2, 0) is 9.53 Å². The number of carbonyl (C=O) groups excluding carboxylic acids is 1. The summed E-state index contributed by atoms with van der Waals surface area (Å²) in [6.45, 7) is 0. The van der Waals surface area contributed by atoms with Gasteiger partial charge < -0.3 is 15.6 Å². The summed E-state index contributed by atoms with van der Waals surface area (Å²) >= 11 is 3.16. The lowest BCUT2D eigenvalue weighted by Gasteiger charge is -2.06. The zero-order chi connectivity index (χ0) is 11.2. The van der Waals surface area contributed by atoms with E-state index in [-0.39, 0.29) is 16.8 Å². The highest BCUT2D eigenvalue weighted by molar-refractivity contribution is 9.10. The Labute approximate surface area is 93.0 Å². The Morgan fingerprint density at radius 1 is 1.53 bits per heavy atom. The topological polar surface area (TPSA) is 89.6 Å². The second kappa shape index (κ2) is 3.23. The molecule has 0 spiro atoms. The second-order valence-electron chi connectivity index (χ2n) is 3.08. The molecule has 1 aliphatic heterocycles. The van der Waals surface area contributed by atoms with Crippen molar-refractivity contribution in [2.24, 2.45) is 0 Å². The fraction of sp³-hybridized carbons (Fsp3) is 0.111. The minimum Gasteiger partial charge on any atom is -0.478 e. The smallest absolute Gasteiger partial charge is 0.349 e. The van der Waals surface area contributed by atoms with Gasteiger partial charge in [0.25, 0.3) is 0 Å². The zero-order valence-electron chi connectivity index (χ0n) is 7.36. The van der Waals surface area contributed by atoms with Crippen molar-refractivity contribution < 1.29 is 19.4 Å². The number of carbonyl (C=O) groups is 2. The van der Waals surface area contributed by atoms with Gasteiger partial charge in [0.15, 0.2) is 0 Å². The summed E-state index contributed by atoms with van der Waals surface area (Å²) in [5.74, 6) is -1.89. The van der Waals surface area contributed by atoms with Crippen LogP contribution >= 0.6 is 15.9 Å². The molecule has 1 heterocycles. The van der Waals surface area contributed by atoms with E-state index in [9.17, 15) is 9.59 Å². The van der Waals surface area contributed by atoms with Crippen LogP contribution in [0.4, 0.5) is 5.69 Å². The van der Waals surface area contributed by atoms with Gasteiger partial charge in [-0.2, -0.15) is 0 Å². The Kier molecular flexibility index (Phi) is 2.15. The highest BCUT2D eigenvalue weighted by atomic mass is 79.9. The number of aliphatic carboxylic acids is 1. The molecule has 78 valence electrons. The van der Waals surface area contributed by atoms with Crippen molar-refractivity contribution >= 4 is 33.6 Å². The van der Waals surface area contributed by atoms with Crippen molar-refractivity contribution in [3.63, 3.8) is 0 Å². The molecular weight excluding hydrogens is 266 g/mol. The van der Waals surface area contributed by atoms with Crippen molar-refractivity contribution in [3.05, 3.63) is 27.7 Å². The third kappa shape index (κ3) is 1.46. The molecule has 6 heteroatoms. The van der Waals surface area contributed by atoms with Crippen molar-refractivity contribution in [2.75, 3.05) is 5.73 Å². The van der Waals surface area contributed by atoms with Crippen molar-refractivity contribution in [1.82, 2.24) is 0 Å². The number of ether oxygens (including phenoxy) is 1. The SMILES string of the molecule is Nc1cc(Br)cc2c1C(C(=O)O)OC2=O. The summed E-state index contributed by atoms with van der Waals surface area (Å²) in [4.78, 5) is 22.1. The first-order valence-corrected chi connectivity index (χ1v) is 4.82. The molecule has 0 radical (unpaired) electrons. The van der Waals surface area contributed by atoms with Crippen molar-refractivity contribution in [3.8, 4) is 0 Å². The Morgan fingerprint density at radius 3 is 2.80 bits per heavy atom. The van der Waals surface area contributed by atoms with Crippen LogP contribution < -0.4 is 5.73 Å². The van der Waals surface area contributed by atoms with Crippen LogP contribution in [0, 0.1) is 0 Å². The standard InChI is InChI=1S/C9H6BrNO4/c10-3-1-4-6(5(11)2-3)7(8(12)13)15-9(4)14/h1-2,7H,11H2,(H,12,13). The number of carboxylic acids is 1. The average Bonchev–Trinajstić information content (AvgIpc) is 2.44. The zero-order valence-corrected chi connectivity index (χ0v) is 8.95. The molecule has 0 aliphatic carbocycles. The molecule has 2 rings (SSSR count). The van der Waals surface area contributed by atoms with Crippen LogP contribution in [0.25, 0.3) is 0 Å². The first-order chi connectivity index (χ1) is 7.00. The molecule has 15 heavy (non-hydrogen) atoms. The molecule has 1 aromatic carbocycles. The lowest BCUT2D eigenvalue weighted by molar-refractivity contribution is -0.146. The molecule has 0 saturated carbocycles. The fourth-order valence-corrected chi connectivity index (χ4v) is 1.98. The number of nitrogen functional groups attached to an aromatic ring is 1. The molecule has 0 bridgehead atoms. The Bertz CT molecular complexity index is 471. The molecule has 0 amide bonds. The number of fused-ring (bicyclic) bond motifs is 1. The van der Waals surface area contributed by atoms with E-state index >= 15 is 0 Å². The number of carboxylic acid groups (broad SMARTS) is 1. The number of benzene rings is 1. The third-order valence-corrected chi connectivity index (χ3v) is 2.57. The number of halogens is 1. The molecule has 3 N–H and O–H groups in total. The maximum absolute atomic E-state index is 11.3. The molecule has 1 aliphatic rings. The van der Waals surface area contributed by atoms with E-state index in [1.807, 2.05) is 0 Å². The monoisotopic (exact) mass is 271 g/mol. The number of anilines is 1. The molecule has 0 fully saturated rings. The van der Waals surface area contributed by atoms with E-state index in [1.165, 1.54) is 12.1 Å². The van der Waals surface area contributed by atoms with Gasteiger partial charge in [-0.25, -0.2) is 9.59 Å². The fourth-order valence-electron chi connectivity index (χ4n) is 1.50. The lowest BCUT2D eigenvalue weighted by Crippen LogP contribution is -2.12. The molecule has 5 nitrogen and oxygen atoms in total. The van der Waals surface area contributed by atoms with E-state index in [4.69, 9.17) is 10.8 Å². The van der Waals surface area contributed by atoms with Gasteiger partial charge in [-0.15, -0.1) is 0 Å². The predicted molar refractivity (Wildman–Crippen MR) is 54.3 cm³/mol. The van der Waals surface area contributed by atoms with E-state index in [2.05, 4.69) is 20.7 Å². The number of rotatable bonds is 1. The van der Waals surface area contributed by atoms with Crippen molar-refractivity contribution in [1.29, 1.82) is 0 Å². The maximum Gasteiger partial charge on any atom is 0.349 e. The average molecular weight is 272 g/mol. The molecular formula is C9H6BrNO4. The Morgan fingerprint density at radius 2 is 2.20 bits per heavy atom. The number of hydrogen-bond acceptors (Lipinski definition) is 4.